The van der Waals surface area contributed by atoms with E-state index in [4.69, 9.17) is 10.5 Å². The van der Waals surface area contributed by atoms with Gasteiger partial charge in [-0.15, -0.1) is 0 Å². The van der Waals surface area contributed by atoms with E-state index in [1.54, 1.807) is 12.1 Å². The number of halogens is 1. The third-order valence-corrected chi connectivity index (χ3v) is 3.01. The van der Waals surface area contributed by atoms with E-state index in [0.29, 0.717) is 10.4 Å². The number of ether oxygens (including phenoxy) is 1. The Hall–Kier alpha value is -1.10. The van der Waals surface area contributed by atoms with E-state index >= 15 is 0 Å². The molecule has 80 valence electrons. The normalized spacial score (nSPS) is 17.2. The van der Waals surface area contributed by atoms with E-state index in [2.05, 4.69) is 27.8 Å². The maximum absolute atomic E-state index is 10.6. The first-order chi connectivity index (χ1) is 6.99. The van der Waals surface area contributed by atoms with Crippen molar-refractivity contribution in [1.82, 2.24) is 4.98 Å². The number of hydrogen-bond donors (Lipinski definition) is 1. The van der Waals surface area contributed by atoms with Crippen molar-refractivity contribution in [2.45, 2.75) is 25.2 Å². The first-order valence-corrected chi connectivity index (χ1v) is 5.44. The molecule has 0 aliphatic heterocycles. The van der Waals surface area contributed by atoms with Crippen LogP contribution in [0.1, 0.15) is 25.5 Å². The van der Waals surface area contributed by atoms with Crippen LogP contribution in [-0.2, 0) is 5.41 Å². The van der Waals surface area contributed by atoms with Crippen molar-refractivity contribution in [3.63, 3.8) is 0 Å². The van der Waals surface area contributed by atoms with Crippen molar-refractivity contribution in [2.24, 2.45) is 5.73 Å². The highest BCUT2D eigenvalue weighted by Crippen LogP contribution is 2.47. The Bertz CT molecular complexity index is 416. The van der Waals surface area contributed by atoms with Crippen LogP contribution in [0.2, 0.25) is 0 Å². The topological polar surface area (TPSA) is 65.2 Å². The highest BCUT2D eigenvalue weighted by Gasteiger charge is 2.40. The number of nitrogens with zero attached hydrogens (tertiary/aromatic N) is 1. The fourth-order valence-electron chi connectivity index (χ4n) is 1.40. The molecule has 4 nitrogen and oxygen atoms in total. The van der Waals surface area contributed by atoms with Gasteiger partial charge in [0.15, 0.2) is 0 Å². The number of carbonyl (C=O) groups is 1. The molecule has 0 spiro atoms. The number of amides is 1. The van der Waals surface area contributed by atoms with Gasteiger partial charge in [-0.3, -0.25) is 0 Å². The number of rotatable bonds is 2. The number of primary amides is 1. The van der Waals surface area contributed by atoms with E-state index in [1.807, 2.05) is 0 Å². The molecule has 2 N–H and O–H groups in total. The molecular formula is C10H11BrN2O2. The highest BCUT2D eigenvalue weighted by atomic mass is 79.9. The lowest BCUT2D eigenvalue weighted by molar-refractivity contribution is 0.210. The first kappa shape index (κ1) is 10.4. The second-order valence-electron chi connectivity index (χ2n) is 3.99. The summed E-state index contributed by atoms with van der Waals surface area (Å²) in [4.78, 5) is 15.0. The highest BCUT2D eigenvalue weighted by molar-refractivity contribution is 9.10. The molecule has 5 heteroatoms. The Labute approximate surface area is 96.0 Å². The molecule has 1 aliphatic carbocycles. The fraction of sp³-hybridized carbons (Fsp3) is 0.400. The summed E-state index contributed by atoms with van der Waals surface area (Å²) in [6, 6.07) is 3.39. The molecule has 2 rings (SSSR count). The van der Waals surface area contributed by atoms with Gasteiger partial charge in [0.05, 0.1) is 5.69 Å². The molecule has 0 radical (unpaired) electrons. The van der Waals surface area contributed by atoms with Crippen LogP contribution in [0.5, 0.6) is 5.75 Å². The quantitative estimate of drug-likeness (QED) is 0.839. The number of nitrogens with two attached hydrogens (primary N) is 1. The molecule has 1 aromatic rings. The Kier molecular flexibility index (Phi) is 2.42. The summed E-state index contributed by atoms with van der Waals surface area (Å²) in [7, 11) is 0. The molecule has 0 saturated heterocycles. The Morgan fingerprint density at radius 2 is 2.27 bits per heavy atom. The zero-order valence-corrected chi connectivity index (χ0v) is 9.87. The van der Waals surface area contributed by atoms with Crippen LogP contribution < -0.4 is 10.5 Å². The molecule has 1 amide bonds. The van der Waals surface area contributed by atoms with Crippen LogP contribution in [0.3, 0.4) is 0 Å². The minimum atomic E-state index is -0.806. The lowest BCUT2D eigenvalue weighted by Gasteiger charge is -2.10. The van der Waals surface area contributed by atoms with Crippen molar-refractivity contribution >= 4 is 22.0 Å². The van der Waals surface area contributed by atoms with Gasteiger partial charge >= 0.3 is 6.09 Å². The summed E-state index contributed by atoms with van der Waals surface area (Å²) in [6.07, 6.45) is 1.43. The monoisotopic (exact) mass is 270 g/mol. The minimum Gasteiger partial charge on any atom is -0.410 e. The summed E-state index contributed by atoms with van der Waals surface area (Å²) < 4.78 is 5.48. The van der Waals surface area contributed by atoms with E-state index < -0.39 is 6.09 Å². The van der Waals surface area contributed by atoms with Gasteiger partial charge in [-0.2, -0.15) is 0 Å². The maximum Gasteiger partial charge on any atom is 0.409 e. The molecule has 0 aromatic carbocycles. The van der Waals surface area contributed by atoms with Crippen molar-refractivity contribution in [2.75, 3.05) is 0 Å². The van der Waals surface area contributed by atoms with E-state index in [1.165, 1.54) is 0 Å². The van der Waals surface area contributed by atoms with Gasteiger partial charge in [0.1, 0.15) is 10.4 Å². The number of aromatic nitrogens is 1. The molecule has 15 heavy (non-hydrogen) atoms. The molecule has 1 fully saturated rings. The second-order valence-corrected chi connectivity index (χ2v) is 4.81. The molecule has 0 atom stereocenters. The van der Waals surface area contributed by atoms with Gasteiger partial charge in [0.2, 0.25) is 0 Å². The Morgan fingerprint density at radius 3 is 2.80 bits per heavy atom. The number of hydrogen-bond acceptors (Lipinski definition) is 3. The smallest absolute Gasteiger partial charge is 0.409 e. The molecule has 1 saturated carbocycles. The van der Waals surface area contributed by atoms with Crippen LogP contribution in [0.4, 0.5) is 4.79 Å². The van der Waals surface area contributed by atoms with Crippen LogP contribution in [0.15, 0.2) is 16.7 Å². The summed E-state index contributed by atoms with van der Waals surface area (Å²) in [5, 5.41) is 0. The summed E-state index contributed by atoms with van der Waals surface area (Å²) in [5.74, 6) is 0.438. The van der Waals surface area contributed by atoms with E-state index in [0.717, 1.165) is 18.5 Å². The number of pyridine rings is 1. The lowest BCUT2D eigenvalue weighted by atomic mass is 10.1. The van der Waals surface area contributed by atoms with Crippen molar-refractivity contribution < 1.29 is 9.53 Å². The first-order valence-electron chi connectivity index (χ1n) is 4.65. The summed E-state index contributed by atoms with van der Waals surface area (Å²) in [6.45, 7) is 2.13. The maximum atomic E-state index is 10.6. The van der Waals surface area contributed by atoms with E-state index in [-0.39, 0.29) is 5.41 Å². The average Bonchev–Trinajstić information content (AvgIpc) is 2.82. The third-order valence-electron chi connectivity index (χ3n) is 2.60. The van der Waals surface area contributed by atoms with Gasteiger partial charge in [0.25, 0.3) is 0 Å². The van der Waals surface area contributed by atoms with Gasteiger partial charge in [-0.1, -0.05) is 6.92 Å². The number of carbonyl (C=O) groups excluding carboxylic acids is 1. The van der Waals surface area contributed by atoms with Gasteiger partial charge in [-0.25, -0.2) is 9.78 Å². The Morgan fingerprint density at radius 1 is 1.60 bits per heavy atom. The molecule has 0 bridgehead atoms. The predicted octanol–water partition coefficient (Wildman–Crippen LogP) is 2.35. The summed E-state index contributed by atoms with van der Waals surface area (Å²) >= 11 is 3.28. The second kappa shape index (κ2) is 3.48. The van der Waals surface area contributed by atoms with Crippen LogP contribution >= 0.6 is 15.9 Å². The lowest BCUT2D eigenvalue weighted by Crippen LogP contribution is -2.17. The van der Waals surface area contributed by atoms with Crippen molar-refractivity contribution in [1.29, 1.82) is 0 Å². The zero-order chi connectivity index (χ0) is 11.1. The average molecular weight is 271 g/mol. The largest absolute Gasteiger partial charge is 0.410 e. The molecule has 1 heterocycles. The van der Waals surface area contributed by atoms with Crippen LogP contribution in [0, 0.1) is 0 Å². The third kappa shape index (κ3) is 2.28. The van der Waals surface area contributed by atoms with Crippen LogP contribution in [-0.4, -0.2) is 11.1 Å². The molecule has 1 aromatic heterocycles. The summed E-state index contributed by atoms with van der Waals surface area (Å²) in [5.41, 5.74) is 6.03. The van der Waals surface area contributed by atoms with Crippen LogP contribution in [0.25, 0.3) is 0 Å². The van der Waals surface area contributed by atoms with Crippen molar-refractivity contribution in [3.8, 4) is 5.75 Å². The van der Waals surface area contributed by atoms with Crippen molar-refractivity contribution in [3.05, 3.63) is 22.4 Å². The van der Waals surface area contributed by atoms with Gasteiger partial charge < -0.3 is 10.5 Å². The molecule has 1 aliphatic rings. The predicted molar refractivity (Wildman–Crippen MR) is 58.7 cm³/mol. The zero-order valence-electron chi connectivity index (χ0n) is 8.29. The SMILES string of the molecule is CC1(c2cc(OC(N)=O)cc(Br)n2)CC1. The van der Waals surface area contributed by atoms with Gasteiger partial charge in [0, 0.05) is 17.5 Å². The molecule has 0 unspecified atom stereocenters. The van der Waals surface area contributed by atoms with E-state index in [9.17, 15) is 4.79 Å². The Balaban J connectivity index is 2.32. The fourth-order valence-corrected chi connectivity index (χ4v) is 1.82. The minimum absolute atomic E-state index is 0.138. The molecular weight excluding hydrogens is 260 g/mol. The van der Waals surface area contributed by atoms with Gasteiger partial charge in [-0.05, 0) is 28.8 Å². The standard InChI is InChI=1S/C10H11BrN2O2/c1-10(2-3-10)7-4-6(15-9(12)14)5-8(11)13-7/h4-5H,2-3H2,1H3,(H2,12,14).